The molecule has 0 saturated carbocycles. The van der Waals surface area contributed by atoms with Crippen LogP contribution in [0.1, 0.15) is 26.2 Å². The Hall–Kier alpha value is -1.31. The minimum atomic E-state index is 0.612. The van der Waals surface area contributed by atoms with E-state index in [2.05, 4.69) is 11.9 Å². The fourth-order valence-electron chi connectivity index (χ4n) is 1.31. The standard InChI is InChI=1S/C13H19NO/c1-3-4-8-12(14-2)11-15-13-9-6-5-7-10-13/h5-7,9-10H,3-4,8,11H2,1-2H3. The molecule has 1 rings (SSSR count). The second kappa shape index (κ2) is 7.04. The highest BCUT2D eigenvalue weighted by atomic mass is 16.5. The third-order valence-electron chi connectivity index (χ3n) is 2.28. The van der Waals surface area contributed by atoms with Crippen LogP contribution in [-0.4, -0.2) is 19.4 Å². The van der Waals surface area contributed by atoms with Crippen molar-refractivity contribution in [3.8, 4) is 5.75 Å². The summed E-state index contributed by atoms with van der Waals surface area (Å²) in [5.74, 6) is 0.912. The van der Waals surface area contributed by atoms with E-state index in [1.54, 1.807) is 0 Å². The lowest BCUT2D eigenvalue weighted by molar-refractivity contribution is 0.373. The molecule has 0 spiro atoms. The van der Waals surface area contributed by atoms with Gasteiger partial charge in [-0.15, -0.1) is 0 Å². The molecular formula is C13H19NO. The Morgan fingerprint density at radius 2 is 2.00 bits per heavy atom. The molecule has 0 aromatic heterocycles. The lowest BCUT2D eigenvalue weighted by Crippen LogP contribution is -2.11. The van der Waals surface area contributed by atoms with E-state index in [9.17, 15) is 0 Å². The van der Waals surface area contributed by atoms with Gasteiger partial charge in [0.05, 0.1) is 0 Å². The van der Waals surface area contributed by atoms with E-state index >= 15 is 0 Å². The van der Waals surface area contributed by atoms with Crippen molar-refractivity contribution >= 4 is 5.71 Å². The van der Waals surface area contributed by atoms with Crippen molar-refractivity contribution in [1.29, 1.82) is 0 Å². The molecule has 2 heteroatoms. The Kier molecular flexibility index (Phi) is 5.52. The minimum absolute atomic E-state index is 0.612. The van der Waals surface area contributed by atoms with Gasteiger partial charge in [0.25, 0.3) is 0 Å². The molecule has 2 nitrogen and oxygen atoms in total. The first kappa shape index (κ1) is 11.8. The maximum absolute atomic E-state index is 5.63. The molecule has 82 valence electrons. The number of aliphatic imine (C=N–C) groups is 1. The predicted octanol–water partition coefficient (Wildman–Crippen LogP) is 3.33. The van der Waals surface area contributed by atoms with E-state index in [0.717, 1.165) is 17.9 Å². The average Bonchev–Trinajstić information content (AvgIpc) is 2.31. The summed E-state index contributed by atoms with van der Waals surface area (Å²) in [7, 11) is 1.83. The second-order valence-electron chi connectivity index (χ2n) is 3.50. The molecule has 0 amide bonds. The maximum atomic E-state index is 5.63. The number of benzene rings is 1. The predicted molar refractivity (Wildman–Crippen MR) is 64.8 cm³/mol. The monoisotopic (exact) mass is 205 g/mol. The molecule has 0 aliphatic rings. The lowest BCUT2D eigenvalue weighted by Gasteiger charge is -2.07. The first-order valence-corrected chi connectivity index (χ1v) is 5.49. The number of ether oxygens (including phenoxy) is 1. The Balaban J connectivity index is 2.35. The third-order valence-corrected chi connectivity index (χ3v) is 2.28. The van der Waals surface area contributed by atoms with E-state index < -0.39 is 0 Å². The number of nitrogens with zero attached hydrogens (tertiary/aromatic N) is 1. The van der Waals surface area contributed by atoms with Gasteiger partial charge in [-0.25, -0.2) is 0 Å². The molecule has 1 aromatic rings. The van der Waals surface area contributed by atoms with Crippen LogP contribution in [0.25, 0.3) is 0 Å². The highest BCUT2D eigenvalue weighted by molar-refractivity contribution is 5.85. The molecule has 0 aliphatic heterocycles. The summed E-state index contributed by atoms with van der Waals surface area (Å²) < 4.78 is 5.63. The summed E-state index contributed by atoms with van der Waals surface area (Å²) >= 11 is 0. The van der Waals surface area contributed by atoms with Gasteiger partial charge in [-0.3, -0.25) is 4.99 Å². The zero-order valence-corrected chi connectivity index (χ0v) is 9.57. The van der Waals surface area contributed by atoms with Crippen LogP contribution in [0, 0.1) is 0 Å². The fraction of sp³-hybridized carbons (Fsp3) is 0.462. The van der Waals surface area contributed by atoms with Crippen molar-refractivity contribution in [3.63, 3.8) is 0 Å². The minimum Gasteiger partial charge on any atom is -0.488 e. The summed E-state index contributed by atoms with van der Waals surface area (Å²) in [6, 6.07) is 9.87. The highest BCUT2D eigenvalue weighted by Gasteiger charge is 1.99. The van der Waals surface area contributed by atoms with Crippen LogP contribution in [0.5, 0.6) is 5.75 Å². The zero-order chi connectivity index (χ0) is 10.9. The van der Waals surface area contributed by atoms with Crippen LogP contribution in [0.4, 0.5) is 0 Å². The van der Waals surface area contributed by atoms with Gasteiger partial charge in [-0.1, -0.05) is 31.5 Å². The van der Waals surface area contributed by atoms with Crippen molar-refractivity contribution in [2.45, 2.75) is 26.2 Å². The van der Waals surface area contributed by atoms with E-state index in [1.807, 2.05) is 37.4 Å². The van der Waals surface area contributed by atoms with Crippen LogP contribution in [0.3, 0.4) is 0 Å². The Bertz CT molecular complexity index is 293. The summed E-state index contributed by atoms with van der Waals surface area (Å²) in [4.78, 5) is 4.23. The van der Waals surface area contributed by atoms with Crippen LogP contribution < -0.4 is 4.74 Å². The summed E-state index contributed by atoms with van der Waals surface area (Å²) in [5.41, 5.74) is 1.14. The SMILES string of the molecule is CCCCC(COc1ccccc1)=NC. The van der Waals surface area contributed by atoms with Crippen molar-refractivity contribution < 1.29 is 4.74 Å². The van der Waals surface area contributed by atoms with Crippen molar-refractivity contribution in [2.24, 2.45) is 4.99 Å². The molecule has 0 bridgehead atoms. The molecular weight excluding hydrogens is 186 g/mol. The Morgan fingerprint density at radius 1 is 1.27 bits per heavy atom. The van der Waals surface area contributed by atoms with Crippen molar-refractivity contribution in [1.82, 2.24) is 0 Å². The zero-order valence-electron chi connectivity index (χ0n) is 9.57. The van der Waals surface area contributed by atoms with Gasteiger partial charge in [0, 0.05) is 12.8 Å². The van der Waals surface area contributed by atoms with Crippen molar-refractivity contribution in [3.05, 3.63) is 30.3 Å². The largest absolute Gasteiger partial charge is 0.488 e. The van der Waals surface area contributed by atoms with E-state index in [0.29, 0.717) is 6.61 Å². The van der Waals surface area contributed by atoms with Gasteiger partial charge < -0.3 is 4.74 Å². The molecule has 15 heavy (non-hydrogen) atoms. The fourth-order valence-corrected chi connectivity index (χ4v) is 1.31. The number of unbranched alkanes of at least 4 members (excludes halogenated alkanes) is 1. The van der Waals surface area contributed by atoms with Crippen LogP contribution in [0.2, 0.25) is 0 Å². The number of para-hydroxylation sites is 1. The molecule has 0 atom stereocenters. The molecule has 0 saturated heterocycles. The Morgan fingerprint density at radius 3 is 2.60 bits per heavy atom. The normalized spacial score (nSPS) is 11.5. The van der Waals surface area contributed by atoms with E-state index in [-0.39, 0.29) is 0 Å². The van der Waals surface area contributed by atoms with Gasteiger partial charge in [0.1, 0.15) is 12.4 Å². The third kappa shape index (κ3) is 4.63. The number of rotatable bonds is 6. The Labute approximate surface area is 92.0 Å². The first-order chi connectivity index (χ1) is 7.36. The molecule has 0 fully saturated rings. The molecule has 0 radical (unpaired) electrons. The number of hydrogen-bond donors (Lipinski definition) is 0. The van der Waals surface area contributed by atoms with Crippen molar-refractivity contribution in [2.75, 3.05) is 13.7 Å². The summed E-state index contributed by atoms with van der Waals surface area (Å²) in [5, 5.41) is 0. The van der Waals surface area contributed by atoms with Gasteiger partial charge >= 0.3 is 0 Å². The molecule has 0 N–H and O–H groups in total. The van der Waals surface area contributed by atoms with E-state index in [1.165, 1.54) is 12.8 Å². The topological polar surface area (TPSA) is 21.6 Å². The van der Waals surface area contributed by atoms with Gasteiger partial charge in [-0.2, -0.15) is 0 Å². The number of hydrogen-bond acceptors (Lipinski definition) is 2. The quantitative estimate of drug-likeness (QED) is 0.653. The second-order valence-corrected chi connectivity index (χ2v) is 3.50. The van der Waals surface area contributed by atoms with Crippen LogP contribution >= 0.6 is 0 Å². The molecule has 0 unspecified atom stereocenters. The van der Waals surface area contributed by atoms with Gasteiger partial charge in [0.2, 0.25) is 0 Å². The molecule has 1 aromatic carbocycles. The lowest BCUT2D eigenvalue weighted by atomic mass is 10.2. The summed E-state index contributed by atoms with van der Waals surface area (Å²) in [6.07, 6.45) is 3.43. The van der Waals surface area contributed by atoms with Crippen LogP contribution in [-0.2, 0) is 0 Å². The first-order valence-electron chi connectivity index (χ1n) is 5.49. The van der Waals surface area contributed by atoms with Crippen LogP contribution in [0.15, 0.2) is 35.3 Å². The van der Waals surface area contributed by atoms with E-state index in [4.69, 9.17) is 4.74 Å². The van der Waals surface area contributed by atoms with Gasteiger partial charge in [-0.05, 0) is 25.0 Å². The maximum Gasteiger partial charge on any atom is 0.126 e. The smallest absolute Gasteiger partial charge is 0.126 e. The molecule has 0 aliphatic carbocycles. The highest BCUT2D eigenvalue weighted by Crippen LogP contribution is 2.09. The van der Waals surface area contributed by atoms with Gasteiger partial charge in [0.15, 0.2) is 0 Å². The molecule has 0 heterocycles. The average molecular weight is 205 g/mol. The summed E-state index contributed by atoms with van der Waals surface area (Å²) in [6.45, 7) is 2.80.